The highest BCUT2D eigenvalue weighted by molar-refractivity contribution is 5.90. The van der Waals surface area contributed by atoms with Gasteiger partial charge in [0.1, 0.15) is 18.1 Å². The smallest absolute Gasteiger partial charge is 0.259 e. The average molecular weight is 608 g/mol. The van der Waals surface area contributed by atoms with Gasteiger partial charge in [-0.05, 0) is 48.4 Å². The van der Waals surface area contributed by atoms with Gasteiger partial charge in [0.15, 0.2) is 0 Å². The van der Waals surface area contributed by atoms with Crippen LogP contribution < -0.4 is 15.5 Å². The van der Waals surface area contributed by atoms with Crippen molar-refractivity contribution in [2.75, 3.05) is 6.54 Å². The second kappa shape index (κ2) is 18.8. The van der Waals surface area contributed by atoms with E-state index in [0.717, 1.165) is 47.4 Å². The maximum atomic E-state index is 12.4. The molecule has 0 aliphatic carbocycles. The van der Waals surface area contributed by atoms with Crippen molar-refractivity contribution >= 4 is 18.0 Å². The van der Waals surface area contributed by atoms with Crippen molar-refractivity contribution in [3.63, 3.8) is 0 Å². The highest BCUT2D eigenvalue weighted by Gasteiger charge is 2.12. The van der Waals surface area contributed by atoms with E-state index in [0.29, 0.717) is 18.7 Å². The van der Waals surface area contributed by atoms with E-state index in [-0.39, 0.29) is 18.4 Å². The summed E-state index contributed by atoms with van der Waals surface area (Å²) in [6.45, 7) is 2.60. The molecular weight excluding hydrogens is 562 g/mol. The van der Waals surface area contributed by atoms with Crippen molar-refractivity contribution in [3.8, 4) is 22.7 Å². The molecule has 236 valence electrons. The topological polar surface area (TPSA) is 97.6 Å². The molecular formula is C37H45N5O3. The fourth-order valence-electron chi connectivity index (χ4n) is 4.95. The number of nitrogens with zero attached hydrogens (tertiary/aromatic N) is 3. The molecule has 0 saturated carbocycles. The normalized spacial score (nSPS) is 11.0. The zero-order chi connectivity index (χ0) is 31.5. The third-order valence-electron chi connectivity index (χ3n) is 7.49. The maximum absolute atomic E-state index is 12.4. The first-order valence-electron chi connectivity index (χ1n) is 16.1. The van der Waals surface area contributed by atoms with Gasteiger partial charge in [0.2, 0.25) is 5.91 Å². The highest BCUT2D eigenvalue weighted by atomic mass is 16.5. The van der Waals surface area contributed by atoms with Gasteiger partial charge in [0.25, 0.3) is 5.91 Å². The fraction of sp³-hybridized carbons (Fsp3) is 0.351. The summed E-state index contributed by atoms with van der Waals surface area (Å²) >= 11 is 0. The molecule has 0 radical (unpaired) electrons. The number of benzene rings is 3. The number of hydrogen-bond donors (Lipinski definition) is 2. The third-order valence-corrected chi connectivity index (χ3v) is 7.49. The number of ether oxygens (including phenoxy) is 1. The summed E-state index contributed by atoms with van der Waals surface area (Å²) in [6.07, 6.45) is 14.6. The van der Waals surface area contributed by atoms with Crippen LogP contribution in [0.3, 0.4) is 0 Å². The van der Waals surface area contributed by atoms with Gasteiger partial charge in [-0.25, -0.2) is 10.1 Å². The van der Waals surface area contributed by atoms with E-state index in [2.05, 4.69) is 22.8 Å². The van der Waals surface area contributed by atoms with E-state index in [1.165, 1.54) is 38.5 Å². The zero-order valence-corrected chi connectivity index (χ0v) is 26.3. The summed E-state index contributed by atoms with van der Waals surface area (Å²) in [5, 5.41) is 11.7. The second-order valence-electron chi connectivity index (χ2n) is 11.2. The first kappa shape index (κ1) is 33.2. The van der Waals surface area contributed by atoms with Crippen LogP contribution in [0.4, 0.5) is 0 Å². The Hall–Kier alpha value is -4.72. The molecule has 3 aromatic carbocycles. The van der Waals surface area contributed by atoms with Crippen LogP contribution in [0.15, 0.2) is 96.2 Å². The number of aromatic nitrogens is 2. The lowest BCUT2D eigenvalue weighted by Gasteiger charge is -2.07. The minimum Gasteiger partial charge on any atom is -0.489 e. The van der Waals surface area contributed by atoms with E-state index in [1.54, 1.807) is 10.9 Å². The summed E-state index contributed by atoms with van der Waals surface area (Å²) in [7, 11) is 0. The lowest BCUT2D eigenvalue weighted by molar-refractivity contribution is -0.126. The third kappa shape index (κ3) is 11.7. The zero-order valence-electron chi connectivity index (χ0n) is 26.3. The number of hydrazone groups is 1. The lowest BCUT2D eigenvalue weighted by atomic mass is 10.1. The summed E-state index contributed by atoms with van der Waals surface area (Å²) in [4.78, 5) is 24.5. The standard InChI is InChI=1S/C37H45N5O3/c1-2-3-4-5-6-7-8-9-16-21-35(43)38-27-36(44)40-39-26-32-28-42(33-19-14-11-15-20-33)41-37(32)31-22-24-34(25-23-31)45-29-30-17-12-10-13-18-30/h10-15,17-20,22-26,28H,2-9,16,21,27,29H2,1H3,(H,38,43)(H,40,44)/b39-26-. The largest absolute Gasteiger partial charge is 0.489 e. The van der Waals surface area contributed by atoms with Crippen LogP contribution in [0.5, 0.6) is 5.75 Å². The fourth-order valence-corrected chi connectivity index (χ4v) is 4.95. The molecule has 0 aliphatic rings. The number of carbonyl (C=O) groups excluding carboxylic acids is 2. The van der Waals surface area contributed by atoms with Crippen molar-refractivity contribution in [1.29, 1.82) is 0 Å². The van der Waals surface area contributed by atoms with Crippen LogP contribution in [-0.2, 0) is 16.2 Å². The van der Waals surface area contributed by atoms with Gasteiger partial charge >= 0.3 is 0 Å². The number of amides is 2. The van der Waals surface area contributed by atoms with E-state index < -0.39 is 0 Å². The summed E-state index contributed by atoms with van der Waals surface area (Å²) in [5.41, 5.74) is 6.84. The van der Waals surface area contributed by atoms with E-state index in [9.17, 15) is 9.59 Å². The van der Waals surface area contributed by atoms with Crippen LogP contribution in [-0.4, -0.2) is 34.4 Å². The number of unbranched alkanes of at least 4 members (excludes halogenated alkanes) is 8. The van der Waals surface area contributed by atoms with Crippen LogP contribution >= 0.6 is 0 Å². The highest BCUT2D eigenvalue weighted by Crippen LogP contribution is 2.25. The number of nitrogens with one attached hydrogen (secondary N) is 2. The van der Waals surface area contributed by atoms with Crippen molar-refractivity contribution in [2.45, 2.75) is 77.7 Å². The first-order chi connectivity index (χ1) is 22.1. The monoisotopic (exact) mass is 607 g/mol. The van der Waals surface area contributed by atoms with E-state index >= 15 is 0 Å². The average Bonchev–Trinajstić information content (AvgIpc) is 3.51. The molecule has 8 heteroatoms. The maximum Gasteiger partial charge on any atom is 0.259 e. The molecule has 2 amide bonds. The molecule has 0 fully saturated rings. The van der Waals surface area contributed by atoms with Gasteiger partial charge in [0, 0.05) is 23.7 Å². The molecule has 1 aromatic heterocycles. The quantitative estimate of drug-likeness (QED) is 0.0651. The number of hydrogen-bond acceptors (Lipinski definition) is 5. The molecule has 1 heterocycles. The van der Waals surface area contributed by atoms with Gasteiger partial charge in [-0.2, -0.15) is 10.2 Å². The van der Waals surface area contributed by atoms with Gasteiger partial charge < -0.3 is 10.1 Å². The molecule has 45 heavy (non-hydrogen) atoms. The Kier molecular flexibility index (Phi) is 13.9. The Bertz CT molecular complexity index is 1470. The van der Waals surface area contributed by atoms with E-state index in [1.807, 2.05) is 91.1 Å². The van der Waals surface area contributed by atoms with Gasteiger partial charge in [-0.1, -0.05) is 107 Å². The summed E-state index contributed by atoms with van der Waals surface area (Å²) < 4.78 is 7.72. The molecule has 0 atom stereocenters. The van der Waals surface area contributed by atoms with Crippen molar-refractivity contribution in [3.05, 3.63) is 102 Å². The van der Waals surface area contributed by atoms with Crippen molar-refractivity contribution < 1.29 is 14.3 Å². The molecule has 0 saturated heterocycles. The van der Waals surface area contributed by atoms with Crippen molar-refractivity contribution in [2.24, 2.45) is 5.10 Å². The van der Waals surface area contributed by atoms with Gasteiger partial charge in [-0.15, -0.1) is 0 Å². The van der Waals surface area contributed by atoms with Crippen LogP contribution in [0.1, 0.15) is 82.3 Å². The van der Waals surface area contributed by atoms with Crippen LogP contribution in [0.2, 0.25) is 0 Å². The summed E-state index contributed by atoms with van der Waals surface area (Å²) in [5.74, 6) is 0.260. The Balaban J connectivity index is 1.27. The van der Waals surface area contributed by atoms with Crippen LogP contribution in [0.25, 0.3) is 16.9 Å². The summed E-state index contributed by atoms with van der Waals surface area (Å²) in [6, 6.07) is 27.6. The number of para-hydroxylation sites is 1. The molecule has 0 aliphatic heterocycles. The molecule has 4 aromatic rings. The Morgan fingerprint density at radius 3 is 2.13 bits per heavy atom. The predicted octanol–water partition coefficient (Wildman–Crippen LogP) is 7.61. The van der Waals surface area contributed by atoms with E-state index in [4.69, 9.17) is 9.84 Å². The second-order valence-corrected chi connectivity index (χ2v) is 11.2. The number of carbonyl (C=O) groups is 2. The number of rotatable bonds is 19. The first-order valence-corrected chi connectivity index (χ1v) is 16.1. The predicted molar refractivity (Wildman–Crippen MR) is 180 cm³/mol. The molecule has 0 unspecified atom stereocenters. The minimum absolute atomic E-state index is 0.111. The Morgan fingerprint density at radius 2 is 1.44 bits per heavy atom. The Morgan fingerprint density at radius 1 is 0.800 bits per heavy atom. The molecule has 2 N–H and O–H groups in total. The van der Waals surface area contributed by atoms with Gasteiger partial charge in [0.05, 0.1) is 18.4 Å². The van der Waals surface area contributed by atoms with Crippen LogP contribution in [0, 0.1) is 0 Å². The SMILES string of the molecule is CCCCCCCCCCCC(=O)NCC(=O)N/N=C\c1cn(-c2ccccc2)nc1-c1ccc(OCc2ccccc2)cc1. The molecule has 4 rings (SSSR count). The minimum atomic E-state index is -0.386. The van der Waals surface area contributed by atoms with Gasteiger partial charge in [-0.3, -0.25) is 9.59 Å². The van der Waals surface area contributed by atoms with Crippen molar-refractivity contribution in [1.82, 2.24) is 20.5 Å². The lowest BCUT2D eigenvalue weighted by Crippen LogP contribution is -2.34. The molecule has 0 bridgehead atoms. The Labute approximate surface area is 266 Å². The molecule has 8 nitrogen and oxygen atoms in total. The molecule has 0 spiro atoms.